The molecular weight excluding hydrogens is 262 g/mol. The van der Waals surface area contributed by atoms with Crippen LogP contribution in [0.5, 0.6) is 5.75 Å². The lowest BCUT2D eigenvalue weighted by molar-refractivity contribution is 0.00578. The monoisotopic (exact) mass is 282 g/mol. The molecule has 0 aliphatic carbocycles. The normalized spacial score (nSPS) is 20.2. The molecule has 0 radical (unpaired) electrons. The van der Waals surface area contributed by atoms with Crippen molar-refractivity contribution >= 4 is 12.6 Å². The van der Waals surface area contributed by atoms with Crippen LogP contribution in [0.15, 0.2) is 18.2 Å². The van der Waals surface area contributed by atoms with E-state index >= 15 is 0 Å². The van der Waals surface area contributed by atoms with Crippen molar-refractivity contribution in [2.45, 2.75) is 38.9 Å². The maximum absolute atomic E-state index is 13.6. The number of rotatable bonds is 4. The molecule has 1 heterocycles. The molecule has 0 unspecified atom stereocenters. The van der Waals surface area contributed by atoms with Gasteiger partial charge in [-0.1, -0.05) is 6.07 Å². The minimum atomic E-state index is -0.537. The molecule has 1 aromatic rings. The van der Waals surface area contributed by atoms with E-state index in [1.54, 1.807) is 12.1 Å². The maximum Gasteiger partial charge on any atom is 0.494 e. The molecular formula is C14H20BFO4. The highest BCUT2D eigenvalue weighted by molar-refractivity contribution is 6.62. The summed E-state index contributed by atoms with van der Waals surface area (Å²) in [6.45, 7) is 7.87. The lowest BCUT2D eigenvalue weighted by atomic mass is 9.79. The molecule has 0 amide bonds. The topological polar surface area (TPSA) is 36.9 Å². The van der Waals surface area contributed by atoms with Gasteiger partial charge in [-0.15, -0.1) is 0 Å². The van der Waals surface area contributed by atoms with Crippen LogP contribution < -0.4 is 10.2 Å². The summed E-state index contributed by atoms with van der Waals surface area (Å²) in [6.07, 6.45) is 0. The minimum Gasteiger partial charge on any atom is -0.465 e. The van der Waals surface area contributed by atoms with E-state index in [4.69, 9.17) is 18.8 Å². The third kappa shape index (κ3) is 2.82. The van der Waals surface area contributed by atoms with Crippen molar-refractivity contribution in [3.8, 4) is 5.75 Å². The van der Waals surface area contributed by atoms with Gasteiger partial charge in [0.2, 0.25) is 0 Å². The van der Waals surface area contributed by atoms with Gasteiger partial charge in [-0.3, -0.25) is 0 Å². The van der Waals surface area contributed by atoms with Gasteiger partial charge in [0, 0.05) is 7.11 Å². The summed E-state index contributed by atoms with van der Waals surface area (Å²) < 4.78 is 35.4. The molecule has 1 saturated heterocycles. The van der Waals surface area contributed by atoms with Gasteiger partial charge in [0.05, 0.1) is 11.2 Å². The fraction of sp³-hybridized carbons (Fsp3) is 0.571. The van der Waals surface area contributed by atoms with E-state index in [0.29, 0.717) is 0 Å². The van der Waals surface area contributed by atoms with Crippen molar-refractivity contribution in [1.29, 1.82) is 0 Å². The Balaban J connectivity index is 2.22. The first-order valence-corrected chi connectivity index (χ1v) is 6.54. The molecule has 0 N–H and O–H groups in total. The molecule has 0 aromatic heterocycles. The van der Waals surface area contributed by atoms with Gasteiger partial charge in [0.1, 0.15) is 0 Å². The summed E-state index contributed by atoms with van der Waals surface area (Å²) in [5, 5.41) is 0. The van der Waals surface area contributed by atoms with Crippen LogP contribution in [0.2, 0.25) is 0 Å². The third-order valence-corrected chi connectivity index (χ3v) is 3.81. The van der Waals surface area contributed by atoms with Crippen molar-refractivity contribution in [1.82, 2.24) is 0 Å². The van der Waals surface area contributed by atoms with Crippen LogP contribution in [0.4, 0.5) is 4.39 Å². The molecule has 2 rings (SSSR count). The van der Waals surface area contributed by atoms with E-state index in [1.165, 1.54) is 13.2 Å². The molecule has 110 valence electrons. The standard InChI is InChI=1S/C14H20BFO4/c1-13(2)14(3,4)20-15(19-13)10-6-7-11(16)12(8-10)18-9-17-5/h6-8H,9H2,1-5H3. The Kier molecular flexibility index (Phi) is 4.09. The van der Waals surface area contributed by atoms with Crippen molar-refractivity contribution in [3.05, 3.63) is 24.0 Å². The summed E-state index contributed by atoms with van der Waals surface area (Å²) in [6, 6.07) is 4.55. The third-order valence-electron chi connectivity index (χ3n) is 3.81. The zero-order chi connectivity index (χ0) is 15.0. The second-order valence-corrected chi connectivity index (χ2v) is 5.83. The highest BCUT2D eigenvalue weighted by atomic mass is 19.1. The molecule has 6 heteroatoms. The zero-order valence-electron chi connectivity index (χ0n) is 12.5. The van der Waals surface area contributed by atoms with E-state index in [-0.39, 0.29) is 12.5 Å². The quantitative estimate of drug-likeness (QED) is 0.626. The maximum atomic E-state index is 13.6. The average molecular weight is 282 g/mol. The van der Waals surface area contributed by atoms with Crippen LogP contribution in [0, 0.1) is 5.82 Å². The molecule has 1 aromatic carbocycles. The summed E-state index contributed by atoms with van der Waals surface area (Å²) >= 11 is 0. The molecule has 0 saturated carbocycles. The van der Waals surface area contributed by atoms with Gasteiger partial charge in [0.25, 0.3) is 0 Å². The second kappa shape index (κ2) is 5.35. The van der Waals surface area contributed by atoms with Crippen LogP contribution in [0.25, 0.3) is 0 Å². The van der Waals surface area contributed by atoms with Crippen LogP contribution in [0.1, 0.15) is 27.7 Å². The Morgan fingerprint density at radius 2 is 1.75 bits per heavy atom. The van der Waals surface area contributed by atoms with E-state index in [2.05, 4.69) is 0 Å². The van der Waals surface area contributed by atoms with Gasteiger partial charge in [-0.05, 0) is 45.3 Å². The van der Waals surface area contributed by atoms with Crippen LogP contribution in [-0.4, -0.2) is 32.2 Å². The first-order chi connectivity index (χ1) is 9.27. The van der Waals surface area contributed by atoms with Crippen LogP contribution in [0.3, 0.4) is 0 Å². The number of hydrogen-bond donors (Lipinski definition) is 0. The van der Waals surface area contributed by atoms with Gasteiger partial charge in [-0.2, -0.15) is 0 Å². The number of ether oxygens (including phenoxy) is 2. The van der Waals surface area contributed by atoms with Crippen molar-refractivity contribution in [2.24, 2.45) is 0 Å². The SMILES string of the molecule is COCOc1cc(B2OC(C)(C)C(C)(C)O2)ccc1F. The molecule has 1 aliphatic rings. The van der Waals surface area contributed by atoms with Crippen LogP contribution in [-0.2, 0) is 14.0 Å². The van der Waals surface area contributed by atoms with Crippen molar-refractivity contribution in [2.75, 3.05) is 13.9 Å². The number of hydrogen-bond acceptors (Lipinski definition) is 4. The average Bonchev–Trinajstić information content (AvgIpc) is 2.57. The zero-order valence-corrected chi connectivity index (χ0v) is 12.5. The van der Waals surface area contributed by atoms with E-state index in [1.807, 2.05) is 27.7 Å². The summed E-state index contributed by atoms with van der Waals surface area (Å²) in [4.78, 5) is 0. The second-order valence-electron chi connectivity index (χ2n) is 5.83. The van der Waals surface area contributed by atoms with Gasteiger partial charge >= 0.3 is 7.12 Å². The first-order valence-electron chi connectivity index (χ1n) is 6.54. The smallest absolute Gasteiger partial charge is 0.465 e. The molecule has 0 spiro atoms. The number of halogens is 1. The Morgan fingerprint density at radius 3 is 2.30 bits per heavy atom. The largest absolute Gasteiger partial charge is 0.494 e. The van der Waals surface area contributed by atoms with Crippen LogP contribution >= 0.6 is 0 Å². The molecule has 1 aliphatic heterocycles. The highest BCUT2D eigenvalue weighted by Gasteiger charge is 2.51. The molecule has 0 atom stereocenters. The summed E-state index contributed by atoms with van der Waals surface area (Å²) in [7, 11) is 0.946. The van der Waals surface area contributed by atoms with Crippen molar-refractivity contribution < 1.29 is 23.2 Å². The highest BCUT2D eigenvalue weighted by Crippen LogP contribution is 2.36. The van der Waals surface area contributed by atoms with Gasteiger partial charge < -0.3 is 18.8 Å². The Bertz CT molecular complexity index is 474. The molecule has 4 nitrogen and oxygen atoms in total. The Morgan fingerprint density at radius 1 is 1.15 bits per heavy atom. The van der Waals surface area contributed by atoms with Gasteiger partial charge in [-0.25, -0.2) is 4.39 Å². The molecule has 1 fully saturated rings. The summed E-state index contributed by atoms with van der Waals surface area (Å²) in [5.41, 5.74) is -0.143. The fourth-order valence-electron chi connectivity index (χ4n) is 1.88. The molecule has 0 bridgehead atoms. The Hall–Kier alpha value is -1.11. The van der Waals surface area contributed by atoms with Gasteiger partial charge in [0.15, 0.2) is 18.4 Å². The predicted molar refractivity (Wildman–Crippen MR) is 74.6 cm³/mol. The molecule has 20 heavy (non-hydrogen) atoms. The van der Waals surface area contributed by atoms with E-state index in [0.717, 1.165) is 5.46 Å². The van der Waals surface area contributed by atoms with E-state index in [9.17, 15) is 4.39 Å². The minimum absolute atomic E-state index is 0.0102. The number of benzene rings is 1. The lowest BCUT2D eigenvalue weighted by Gasteiger charge is -2.32. The summed E-state index contributed by atoms with van der Waals surface area (Å²) in [5.74, 6) is -0.318. The lowest BCUT2D eigenvalue weighted by Crippen LogP contribution is -2.41. The number of methoxy groups -OCH3 is 1. The van der Waals surface area contributed by atoms with E-state index < -0.39 is 24.1 Å². The fourth-order valence-corrected chi connectivity index (χ4v) is 1.88. The predicted octanol–water partition coefficient (Wildman–Crippen LogP) is 2.11. The van der Waals surface area contributed by atoms with Crippen molar-refractivity contribution in [3.63, 3.8) is 0 Å². The first kappa shape index (κ1) is 15.3. The Labute approximate surface area is 119 Å².